The van der Waals surface area contributed by atoms with Crippen LogP contribution in [-0.2, 0) is 6.54 Å². The van der Waals surface area contributed by atoms with Gasteiger partial charge in [0.15, 0.2) is 0 Å². The van der Waals surface area contributed by atoms with Crippen LogP contribution < -0.4 is 5.32 Å². The molecule has 1 atom stereocenters. The average molecular weight is 208 g/mol. The van der Waals surface area contributed by atoms with Crippen molar-refractivity contribution in [3.8, 4) is 0 Å². The zero-order valence-electron chi connectivity index (χ0n) is 7.93. The molecular formula is C10H12N2OS. The first-order valence-corrected chi connectivity index (χ1v) is 5.44. The van der Waals surface area contributed by atoms with E-state index in [0.29, 0.717) is 0 Å². The molecule has 0 saturated carbocycles. The molecule has 3 nitrogen and oxygen atoms in total. The van der Waals surface area contributed by atoms with E-state index in [1.54, 1.807) is 17.6 Å². The van der Waals surface area contributed by atoms with Gasteiger partial charge in [0.1, 0.15) is 5.76 Å². The predicted molar refractivity (Wildman–Crippen MR) is 56.1 cm³/mol. The van der Waals surface area contributed by atoms with Gasteiger partial charge in [0.2, 0.25) is 0 Å². The SMILES string of the molecule is CC(NCc1ccco1)c1cscn1. The number of nitrogens with zero attached hydrogens (tertiary/aromatic N) is 1. The molecule has 0 bridgehead atoms. The van der Waals surface area contributed by atoms with Crippen LogP contribution in [0.5, 0.6) is 0 Å². The Morgan fingerprint density at radius 2 is 2.57 bits per heavy atom. The summed E-state index contributed by atoms with van der Waals surface area (Å²) in [6.45, 7) is 2.84. The zero-order chi connectivity index (χ0) is 9.80. The van der Waals surface area contributed by atoms with Crippen molar-refractivity contribution in [3.63, 3.8) is 0 Å². The highest BCUT2D eigenvalue weighted by Gasteiger charge is 2.06. The second kappa shape index (κ2) is 4.39. The molecule has 1 unspecified atom stereocenters. The second-order valence-corrected chi connectivity index (χ2v) is 3.81. The molecular weight excluding hydrogens is 196 g/mol. The Hall–Kier alpha value is -1.13. The van der Waals surface area contributed by atoms with Crippen LogP contribution in [0.25, 0.3) is 0 Å². The van der Waals surface area contributed by atoms with E-state index in [9.17, 15) is 0 Å². The Labute approximate surface area is 86.8 Å². The van der Waals surface area contributed by atoms with Gasteiger partial charge in [-0.3, -0.25) is 0 Å². The van der Waals surface area contributed by atoms with Gasteiger partial charge in [-0.05, 0) is 19.1 Å². The fourth-order valence-electron chi connectivity index (χ4n) is 1.21. The van der Waals surface area contributed by atoms with Crippen LogP contribution in [0.2, 0.25) is 0 Å². The highest BCUT2D eigenvalue weighted by molar-refractivity contribution is 7.07. The number of thiazole rings is 1. The Morgan fingerprint density at radius 1 is 1.64 bits per heavy atom. The monoisotopic (exact) mass is 208 g/mol. The number of hydrogen-bond donors (Lipinski definition) is 1. The summed E-state index contributed by atoms with van der Waals surface area (Å²) in [4.78, 5) is 4.24. The van der Waals surface area contributed by atoms with Crippen molar-refractivity contribution in [1.82, 2.24) is 10.3 Å². The Morgan fingerprint density at radius 3 is 3.21 bits per heavy atom. The summed E-state index contributed by atoms with van der Waals surface area (Å²) in [5, 5.41) is 5.39. The Bertz CT molecular complexity index is 355. The van der Waals surface area contributed by atoms with Crippen molar-refractivity contribution >= 4 is 11.3 Å². The lowest BCUT2D eigenvalue weighted by Gasteiger charge is -2.09. The quantitative estimate of drug-likeness (QED) is 0.839. The third kappa shape index (κ3) is 2.21. The third-order valence-electron chi connectivity index (χ3n) is 2.06. The highest BCUT2D eigenvalue weighted by atomic mass is 32.1. The second-order valence-electron chi connectivity index (χ2n) is 3.10. The third-order valence-corrected chi connectivity index (χ3v) is 2.66. The fraction of sp³-hybridized carbons (Fsp3) is 0.300. The van der Waals surface area contributed by atoms with Crippen molar-refractivity contribution in [2.45, 2.75) is 19.5 Å². The number of rotatable bonds is 4. The van der Waals surface area contributed by atoms with Gasteiger partial charge in [0.05, 0.1) is 24.0 Å². The smallest absolute Gasteiger partial charge is 0.117 e. The molecule has 0 aliphatic rings. The molecule has 0 aromatic carbocycles. The molecule has 0 aliphatic carbocycles. The van der Waals surface area contributed by atoms with Gasteiger partial charge < -0.3 is 9.73 Å². The lowest BCUT2D eigenvalue weighted by atomic mass is 10.2. The molecule has 2 rings (SSSR count). The van der Waals surface area contributed by atoms with Crippen LogP contribution in [-0.4, -0.2) is 4.98 Å². The van der Waals surface area contributed by atoms with E-state index in [-0.39, 0.29) is 6.04 Å². The predicted octanol–water partition coefficient (Wildman–Crippen LogP) is 2.59. The van der Waals surface area contributed by atoms with E-state index in [0.717, 1.165) is 18.0 Å². The van der Waals surface area contributed by atoms with Crippen molar-refractivity contribution in [1.29, 1.82) is 0 Å². The lowest BCUT2D eigenvalue weighted by molar-refractivity contribution is 0.458. The molecule has 0 fully saturated rings. The van der Waals surface area contributed by atoms with Crippen LogP contribution in [0, 0.1) is 0 Å². The number of aromatic nitrogens is 1. The summed E-state index contributed by atoms with van der Waals surface area (Å²) in [6, 6.07) is 4.12. The first-order valence-electron chi connectivity index (χ1n) is 4.50. The summed E-state index contributed by atoms with van der Waals surface area (Å²) in [5.74, 6) is 0.951. The van der Waals surface area contributed by atoms with Crippen LogP contribution in [0.15, 0.2) is 33.7 Å². The van der Waals surface area contributed by atoms with Crippen LogP contribution in [0.4, 0.5) is 0 Å². The topological polar surface area (TPSA) is 38.1 Å². The summed E-state index contributed by atoms with van der Waals surface area (Å²) in [6.07, 6.45) is 1.69. The van der Waals surface area contributed by atoms with Crippen molar-refractivity contribution < 1.29 is 4.42 Å². The summed E-state index contributed by atoms with van der Waals surface area (Å²) >= 11 is 1.62. The molecule has 1 N–H and O–H groups in total. The maximum Gasteiger partial charge on any atom is 0.117 e. The van der Waals surface area contributed by atoms with Gasteiger partial charge in [-0.25, -0.2) is 4.98 Å². The summed E-state index contributed by atoms with van der Waals surface area (Å²) in [5.41, 5.74) is 2.93. The van der Waals surface area contributed by atoms with Crippen molar-refractivity contribution in [3.05, 3.63) is 40.7 Å². The van der Waals surface area contributed by atoms with Gasteiger partial charge in [-0.15, -0.1) is 11.3 Å². The molecule has 4 heteroatoms. The van der Waals surface area contributed by atoms with E-state index >= 15 is 0 Å². The van der Waals surface area contributed by atoms with Crippen molar-refractivity contribution in [2.24, 2.45) is 0 Å². The minimum atomic E-state index is 0.270. The van der Waals surface area contributed by atoms with E-state index in [2.05, 4.69) is 22.6 Å². The molecule has 0 amide bonds. The molecule has 2 heterocycles. The highest BCUT2D eigenvalue weighted by Crippen LogP contribution is 2.12. The van der Waals surface area contributed by atoms with Gasteiger partial charge in [0.25, 0.3) is 0 Å². The molecule has 0 aliphatic heterocycles. The molecule has 74 valence electrons. The standard InChI is InChI=1S/C10H12N2OS/c1-8(10-6-14-7-12-10)11-5-9-3-2-4-13-9/h2-4,6-8,11H,5H2,1H3. The molecule has 0 saturated heterocycles. The largest absolute Gasteiger partial charge is 0.468 e. The maximum absolute atomic E-state index is 5.22. The van der Waals surface area contributed by atoms with E-state index in [1.807, 2.05) is 17.6 Å². The van der Waals surface area contributed by atoms with Crippen LogP contribution in [0.3, 0.4) is 0 Å². The van der Waals surface area contributed by atoms with Gasteiger partial charge in [-0.1, -0.05) is 0 Å². The molecule has 2 aromatic rings. The number of hydrogen-bond acceptors (Lipinski definition) is 4. The van der Waals surface area contributed by atoms with E-state index < -0.39 is 0 Å². The zero-order valence-corrected chi connectivity index (χ0v) is 8.75. The molecule has 14 heavy (non-hydrogen) atoms. The van der Waals surface area contributed by atoms with E-state index in [1.165, 1.54) is 0 Å². The summed E-state index contributed by atoms with van der Waals surface area (Å²) in [7, 11) is 0. The Balaban J connectivity index is 1.87. The molecule has 0 radical (unpaired) electrons. The minimum absolute atomic E-state index is 0.270. The molecule has 0 spiro atoms. The minimum Gasteiger partial charge on any atom is -0.468 e. The lowest BCUT2D eigenvalue weighted by Crippen LogP contribution is -2.17. The Kier molecular flexibility index (Phi) is 2.96. The number of furan rings is 1. The van der Waals surface area contributed by atoms with Crippen LogP contribution in [0.1, 0.15) is 24.4 Å². The maximum atomic E-state index is 5.22. The number of nitrogens with one attached hydrogen (secondary N) is 1. The van der Waals surface area contributed by atoms with Gasteiger partial charge in [-0.2, -0.15) is 0 Å². The first-order chi connectivity index (χ1) is 6.86. The van der Waals surface area contributed by atoms with Crippen LogP contribution >= 0.6 is 11.3 Å². The van der Waals surface area contributed by atoms with E-state index in [4.69, 9.17) is 4.42 Å². The molecule has 2 aromatic heterocycles. The summed E-state index contributed by atoms with van der Waals surface area (Å²) < 4.78 is 5.22. The average Bonchev–Trinajstić information content (AvgIpc) is 2.87. The van der Waals surface area contributed by atoms with Gasteiger partial charge in [0, 0.05) is 11.4 Å². The normalized spacial score (nSPS) is 12.9. The van der Waals surface area contributed by atoms with Gasteiger partial charge >= 0.3 is 0 Å². The fourth-order valence-corrected chi connectivity index (χ4v) is 1.85. The van der Waals surface area contributed by atoms with Crippen molar-refractivity contribution in [2.75, 3.05) is 0 Å². The first kappa shape index (κ1) is 9.43.